The normalized spacial score (nSPS) is 12.4. The molecule has 1 atom stereocenters. The number of nitrogens with one attached hydrogen (secondary N) is 1. The van der Waals surface area contributed by atoms with Gasteiger partial charge in [0, 0.05) is 6.42 Å². The average Bonchev–Trinajstić information content (AvgIpc) is 2.76. The third kappa shape index (κ3) is 14.7. The Morgan fingerprint density at radius 1 is 0.879 bits per heavy atom. The van der Waals surface area contributed by atoms with Crippen LogP contribution in [0.3, 0.4) is 0 Å². The number of hydrogen-bond donors (Lipinski definition) is 1. The lowest BCUT2D eigenvalue weighted by molar-refractivity contribution is -0.147. The summed E-state index contributed by atoms with van der Waals surface area (Å²) in [5.41, 5.74) is 0.332. The molecular weight excluding hydrogens is 414 g/mol. The first-order chi connectivity index (χ1) is 15.7. The van der Waals surface area contributed by atoms with Crippen molar-refractivity contribution in [1.82, 2.24) is 5.32 Å². The van der Waals surface area contributed by atoms with E-state index in [2.05, 4.69) is 19.2 Å². The zero-order chi connectivity index (χ0) is 24.5. The van der Waals surface area contributed by atoms with Crippen LogP contribution in [0.4, 0.5) is 4.79 Å². The van der Waals surface area contributed by atoms with E-state index >= 15 is 0 Å². The molecule has 1 rings (SSSR count). The number of benzene rings is 1. The molecule has 0 fully saturated rings. The molecule has 0 aliphatic carbocycles. The van der Waals surface area contributed by atoms with Crippen molar-refractivity contribution in [2.24, 2.45) is 5.92 Å². The maximum Gasteiger partial charge on any atom is 0.408 e. The first kappa shape index (κ1) is 29.0. The molecule has 188 valence electrons. The molecule has 0 aliphatic rings. The molecule has 0 unspecified atom stereocenters. The molecule has 5 nitrogen and oxygen atoms in total. The van der Waals surface area contributed by atoms with E-state index in [1.165, 1.54) is 51.4 Å². The van der Waals surface area contributed by atoms with Crippen LogP contribution in [0.2, 0.25) is 0 Å². The van der Waals surface area contributed by atoms with Gasteiger partial charge in [0.15, 0.2) is 0 Å². The van der Waals surface area contributed by atoms with Crippen LogP contribution in [0.25, 0.3) is 0 Å². The van der Waals surface area contributed by atoms with Gasteiger partial charge in [-0.05, 0) is 45.1 Å². The highest BCUT2D eigenvalue weighted by molar-refractivity contribution is 5.81. The van der Waals surface area contributed by atoms with Crippen LogP contribution in [0.15, 0.2) is 30.3 Å². The first-order valence-corrected chi connectivity index (χ1v) is 12.9. The summed E-state index contributed by atoms with van der Waals surface area (Å²) in [5, 5.41) is 2.73. The molecular formula is C28H47NO4. The fraction of sp³-hybridized carbons (Fsp3) is 0.714. The predicted molar refractivity (Wildman–Crippen MR) is 135 cm³/mol. The van der Waals surface area contributed by atoms with Gasteiger partial charge >= 0.3 is 12.1 Å². The lowest BCUT2D eigenvalue weighted by Gasteiger charge is -2.24. The molecule has 0 saturated carbocycles. The van der Waals surface area contributed by atoms with Crippen molar-refractivity contribution in [1.29, 1.82) is 0 Å². The standard InChI is InChI=1S/C28H47NO4/c1-6-8-10-13-19-24(20-14-11-9-7-2)22-32-26(30)25(21-23-17-15-12-16-18-23)29-27(31)33-28(3,4)5/h12,15-18,24-25H,6-11,13-14,19-22H2,1-5H3,(H,29,31)/t25-/m0/s1. The fourth-order valence-electron chi connectivity index (χ4n) is 3.82. The van der Waals surface area contributed by atoms with E-state index in [1.807, 2.05) is 30.3 Å². The van der Waals surface area contributed by atoms with Gasteiger partial charge in [-0.3, -0.25) is 0 Å². The van der Waals surface area contributed by atoms with Gasteiger partial charge in [-0.25, -0.2) is 9.59 Å². The Morgan fingerprint density at radius 3 is 1.97 bits per heavy atom. The lowest BCUT2D eigenvalue weighted by Crippen LogP contribution is -2.45. The van der Waals surface area contributed by atoms with Gasteiger partial charge in [-0.15, -0.1) is 0 Å². The van der Waals surface area contributed by atoms with E-state index in [0.29, 0.717) is 18.9 Å². The van der Waals surface area contributed by atoms with Crippen molar-refractivity contribution in [3.63, 3.8) is 0 Å². The minimum atomic E-state index is -0.775. The highest BCUT2D eigenvalue weighted by Gasteiger charge is 2.26. The number of amides is 1. The molecule has 1 aromatic rings. The van der Waals surface area contributed by atoms with Crippen LogP contribution in [0.5, 0.6) is 0 Å². The number of ether oxygens (including phenoxy) is 2. The van der Waals surface area contributed by atoms with Gasteiger partial charge in [0.25, 0.3) is 0 Å². The molecule has 33 heavy (non-hydrogen) atoms. The second-order valence-electron chi connectivity index (χ2n) is 10.1. The summed E-state index contributed by atoms with van der Waals surface area (Å²) >= 11 is 0. The van der Waals surface area contributed by atoms with Crippen LogP contribution in [0.1, 0.15) is 104 Å². The zero-order valence-corrected chi connectivity index (χ0v) is 21.7. The molecule has 0 bridgehead atoms. The Bertz CT molecular complexity index is 642. The van der Waals surface area contributed by atoms with Crippen molar-refractivity contribution in [2.75, 3.05) is 6.61 Å². The Kier molecular flexibility index (Phi) is 14.5. The monoisotopic (exact) mass is 461 g/mol. The van der Waals surface area contributed by atoms with E-state index in [9.17, 15) is 9.59 Å². The summed E-state index contributed by atoms with van der Waals surface area (Å²) in [6, 6.07) is 8.90. The number of carbonyl (C=O) groups is 2. The second kappa shape index (κ2) is 16.6. The summed E-state index contributed by atoms with van der Waals surface area (Å²) in [6.45, 7) is 10.3. The topological polar surface area (TPSA) is 64.6 Å². The second-order valence-corrected chi connectivity index (χ2v) is 10.1. The number of unbranched alkanes of at least 4 members (excludes halogenated alkanes) is 6. The van der Waals surface area contributed by atoms with Gasteiger partial charge in [-0.2, -0.15) is 0 Å². The maximum absolute atomic E-state index is 13.0. The third-order valence-electron chi connectivity index (χ3n) is 5.65. The van der Waals surface area contributed by atoms with Crippen molar-refractivity contribution >= 4 is 12.1 Å². The summed E-state index contributed by atoms with van der Waals surface area (Å²) < 4.78 is 11.2. The van der Waals surface area contributed by atoms with Gasteiger partial charge in [0.05, 0.1) is 6.61 Å². The van der Waals surface area contributed by atoms with Crippen molar-refractivity contribution in [2.45, 2.75) is 117 Å². The molecule has 0 spiro atoms. The smallest absolute Gasteiger partial charge is 0.408 e. The van der Waals surface area contributed by atoms with E-state index in [4.69, 9.17) is 9.47 Å². The van der Waals surface area contributed by atoms with Crippen molar-refractivity contribution < 1.29 is 19.1 Å². The molecule has 1 N–H and O–H groups in total. The summed E-state index contributed by atoms with van der Waals surface area (Å²) in [4.78, 5) is 25.4. The molecule has 1 amide bonds. The van der Waals surface area contributed by atoms with Crippen LogP contribution in [0, 0.1) is 5.92 Å². The van der Waals surface area contributed by atoms with Crippen molar-refractivity contribution in [3.8, 4) is 0 Å². The molecule has 0 radical (unpaired) electrons. The van der Waals surface area contributed by atoms with Crippen LogP contribution in [-0.2, 0) is 20.7 Å². The predicted octanol–water partition coefficient (Wildman–Crippen LogP) is 7.22. The quantitative estimate of drug-likeness (QED) is 0.208. The summed E-state index contributed by atoms with van der Waals surface area (Å²) in [7, 11) is 0. The lowest BCUT2D eigenvalue weighted by atomic mass is 9.95. The summed E-state index contributed by atoms with van der Waals surface area (Å²) in [6.07, 6.45) is 11.7. The molecule has 0 saturated heterocycles. The van der Waals surface area contributed by atoms with Gasteiger partial charge in [-0.1, -0.05) is 95.5 Å². The van der Waals surface area contributed by atoms with E-state index in [1.54, 1.807) is 20.8 Å². The molecule has 0 heterocycles. The van der Waals surface area contributed by atoms with E-state index < -0.39 is 23.7 Å². The van der Waals surface area contributed by atoms with E-state index in [0.717, 1.165) is 18.4 Å². The average molecular weight is 462 g/mol. The minimum Gasteiger partial charge on any atom is -0.464 e. The first-order valence-electron chi connectivity index (χ1n) is 12.9. The Hall–Kier alpha value is -2.04. The highest BCUT2D eigenvalue weighted by atomic mass is 16.6. The number of carbonyl (C=O) groups excluding carboxylic acids is 2. The Morgan fingerprint density at radius 2 is 1.45 bits per heavy atom. The number of esters is 1. The minimum absolute atomic E-state index is 0.372. The highest BCUT2D eigenvalue weighted by Crippen LogP contribution is 2.19. The SMILES string of the molecule is CCCCCCC(CCCCCC)COC(=O)[C@H](Cc1ccccc1)NC(=O)OC(C)(C)C. The molecule has 0 aromatic heterocycles. The number of hydrogen-bond acceptors (Lipinski definition) is 4. The zero-order valence-electron chi connectivity index (χ0n) is 21.7. The number of alkyl carbamates (subject to hydrolysis) is 1. The van der Waals surface area contributed by atoms with E-state index in [-0.39, 0.29) is 0 Å². The maximum atomic E-state index is 13.0. The number of rotatable bonds is 16. The fourth-order valence-corrected chi connectivity index (χ4v) is 3.82. The molecule has 1 aromatic carbocycles. The van der Waals surface area contributed by atoms with Crippen LogP contribution < -0.4 is 5.32 Å². The van der Waals surface area contributed by atoms with Gasteiger partial charge < -0.3 is 14.8 Å². The Balaban J connectivity index is 2.73. The van der Waals surface area contributed by atoms with Gasteiger partial charge in [0.2, 0.25) is 0 Å². The van der Waals surface area contributed by atoms with Crippen LogP contribution >= 0.6 is 0 Å². The molecule has 5 heteroatoms. The largest absolute Gasteiger partial charge is 0.464 e. The Labute approximate surface area is 202 Å². The summed E-state index contributed by atoms with van der Waals surface area (Å²) in [5.74, 6) is -0.0154. The van der Waals surface area contributed by atoms with Gasteiger partial charge in [0.1, 0.15) is 11.6 Å². The molecule has 0 aliphatic heterocycles. The third-order valence-corrected chi connectivity index (χ3v) is 5.65. The van der Waals surface area contributed by atoms with Crippen molar-refractivity contribution in [3.05, 3.63) is 35.9 Å². The van der Waals surface area contributed by atoms with Crippen LogP contribution in [-0.4, -0.2) is 30.3 Å².